The number of furan rings is 1. The quantitative estimate of drug-likeness (QED) is 0.501. The summed E-state index contributed by atoms with van der Waals surface area (Å²) < 4.78 is 12.6. The van der Waals surface area contributed by atoms with Gasteiger partial charge in [-0.15, -0.1) is 0 Å². The van der Waals surface area contributed by atoms with Crippen LogP contribution in [0.3, 0.4) is 0 Å². The molecule has 8 heteroatoms. The first kappa shape index (κ1) is 22.8. The minimum Gasteiger partial charge on any atom is -0.472 e. The Morgan fingerprint density at radius 1 is 1.21 bits per heavy atom. The number of hydrogen-bond acceptors (Lipinski definition) is 7. The number of nitrogens with zero attached hydrogens (tertiary/aromatic N) is 3. The maximum atomic E-state index is 13.5. The zero-order valence-corrected chi connectivity index (χ0v) is 20.0. The third kappa shape index (κ3) is 4.30. The number of esters is 1. The van der Waals surface area contributed by atoms with E-state index in [0.29, 0.717) is 20.6 Å². The Hall–Kier alpha value is -3.39. The van der Waals surface area contributed by atoms with Gasteiger partial charge in [0.1, 0.15) is 0 Å². The zero-order valence-electron chi connectivity index (χ0n) is 19.2. The molecule has 0 bridgehead atoms. The summed E-state index contributed by atoms with van der Waals surface area (Å²) in [5.41, 5.74) is 3.46. The van der Waals surface area contributed by atoms with Crippen LogP contribution in [0, 0.1) is 0 Å². The smallest absolute Gasteiger partial charge is 0.338 e. The maximum Gasteiger partial charge on any atom is 0.338 e. The number of anilines is 1. The SMILES string of the molecule is CCOC(=O)C1=C(C)N=c2sc(=Cc3ccoc3)c(=O)n2C1c1ccc(N(CC)CC)cc1. The van der Waals surface area contributed by atoms with E-state index in [4.69, 9.17) is 9.15 Å². The van der Waals surface area contributed by atoms with Gasteiger partial charge in [0.15, 0.2) is 4.80 Å². The van der Waals surface area contributed by atoms with E-state index in [9.17, 15) is 9.59 Å². The van der Waals surface area contributed by atoms with Crippen LogP contribution in [0.15, 0.2) is 68.3 Å². The van der Waals surface area contributed by atoms with Crippen LogP contribution in [0.25, 0.3) is 6.08 Å². The fourth-order valence-electron chi connectivity index (χ4n) is 4.07. The van der Waals surface area contributed by atoms with E-state index in [1.165, 1.54) is 11.3 Å². The predicted molar refractivity (Wildman–Crippen MR) is 129 cm³/mol. The van der Waals surface area contributed by atoms with Crippen molar-refractivity contribution in [2.75, 3.05) is 24.6 Å². The lowest BCUT2D eigenvalue weighted by Crippen LogP contribution is -2.40. The van der Waals surface area contributed by atoms with Crippen LogP contribution in [0.2, 0.25) is 0 Å². The molecule has 1 aliphatic rings. The molecule has 0 radical (unpaired) electrons. The van der Waals surface area contributed by atoms with Crippen LogP contribution in [-0.2, 0) is 9.53 Å². The number of carbonyl (C=O) groups excluding carboxylic acids is 1. The molecule has 3 aromatic rings. The van der Waals surface area contributed by atoms with Gasteiger partial charge >= 0.3 is 5.97 Å². The lowest BCUT2D eigenvalue weighted by Gasteiger charge is -2.26. The van der Waals surface area contributed by atoms with E-state index in [-0.39, 0.29) is 12.2 Å². The largest absolute Gasteiger partial charge is 0.472 e. The number of benzene rings is 1. The van der Waals surface area contributed by atoms with Crippen molar-refractivity contribution >= 4 is 29.1 Å². The molecule has 3 heterocycles. The summed E-state index contributed by atoms with van der Waals surface area (Å²) in [5, 5.41) is 0. The number of carbonyl (C=O) groups is 1. The number of ether oxygens (including phenoxy) is 1. The van der Waals surface area contributed by atoms with Crippen molar-refractivity contribution in [2.24, 2.45) is 4.99 Å². The number of fused-ring (bicyclic) bond motifs is 1. The van der Waals surface area contributed by atoms with Crippen LogP contribution in [0.5, 0.6) is 0 Å². The Morgan fingerprint density at radius 3 is 2.55 bits per heavy atom. The summed E-state index contributed by atoms with van der Waals surface area (Å²) in [6, 6.07) is 9.19. The number of aromatic nitrogens is 1. The standard InChI is InChI=1S/C25H27N3O4S/c1-5-27(6-2)19-10-8-18(9-11-19)22-21(24(30)32-7-3)16(4)26-25-28(22)23(29)20(33-25)14-17-12-13-31-15-17/h8-15,22H,5-7H2,1-4H3. The van der Waals surface area contributed by atoms with E-state index in [1.807, 2.05) is 24.3 Å². The van der Waals surface area contributed by atoms with Crippen molar-refractivity contribution in [1.29, 1.82) is 0 Å². The first-order valence-corrected chi connectivity index (χ1v) is 11.9. The minimum absolute atomic E-state index is 0.202. The number of hydrogen-bond donors (Lipinski definition) is 0. The maximum absolute atomic E-state index is 13.5. The molecule has 33 heavy (non-hydrogen) atoms. The van der Waals surface area contributed by atoms with Crippen molar-refractivity contribution in [2.45, 2.75) is 33.7 Å². The highest BCUT2D eigenvalue weighted by molar-refractivity contribution is 7.07. The highest BCUT2D eigenvalue weighted by Gasteiger charge is 2.33. The second kappa shape index (κ2) is 9.62. The predicted octanol–water partition coefficient (Wildman–Crippen LogP) is 3.24. The molecular weight excluding hydrogens is 438 g/mol. The summed E-state index contributed by atoms with van der Waals surface area (Å²) in [6.07, 6.45) is 4.92. The molecule has 1 aromatic carbocycles. The fraction of sp³-hybridized carbons (Fsp3) is 0.320. The Balaban J connectivity index is 1.90. The van der Waals surface area contributed by atoms with Crippen LogP contribution >= 0.6 is 11.3 Å². The summed E-state index contributed by atoms with van der Waals surface area (Å²) >= 11 is 1.30. The summed E-state index contributed by atoms with van der Waals surface area (Å²) in [7, 11) is 0. The number of allylic oxidation sites excluding steroid dienone is 1. The molecule has 0 aliphatic carbocycles. The van der Waals surface area contributed by atoms with E-state index < -0.39 is 12.0 Å². The summed E-state index contributed by atoms with van der Waals surface area (Å²) in [4.78, 5) is 33.9. The molecule has 2 aromatic heterocycles. The van der Waals surface area contributed by atoms with Gasteiger partial charge in [-0.3, -0.25) is 9.36 Å². The third-order valence-corrected chi connectivity index (χ3v) is 6.68. The van der Waals surface area contributed by atoms with Crippen LogP contribution < -0.4 is 19.8 Å². The van der Waals surface area contributed by atoms with Crippen molar-refractivity contribution in [3.63, 3.8) is 0 Å². The van der Waals surface area contributed by atoms with Crippen molar-refractivity contribution in [3.05, 3.63) is 84.9 Å². The van der Waals surface area contributed by atoms with Crippen molar-refractivity contribution in [1.82, 2.24) is 4.57 Å². The molecule has 0 fully saturated rings. The highest BCUT2D eigenvalue weighted by atomic mass is 32.1. The summed E-state index contributed by atoms with van der Waals surface area (Å²) in [6.45, 7) is 9.81. The second-order valence-electron chi connectivity index (χ2n) is 7.62. The Kier molecular flexibility index (Phi) is 6.65. The summed E-state index contributed by atoms with van der Waals surface area (Å²) in [5.74, 6) is -0.458. The Morgan fingerprint density at radius 2 is 1.94 bits per heavy atom. The van der Waals surface area contributed by atoms with Gasteiger partial charge in [-0.2, -0.15) is 0 Å². The van der Waals surface area contributed by atoms with E-state index in [0.717, 1.165) is 29.9 Å². The molecule has 0 saturated carbocycles. The molecule has 172 valence electrons. The second-order valence-corrected chi connectivity index (χ2v) is 8.63. The van der Waals surface area contributed by atoms with Gasteiger partial charge in [0.2, 0.25) is 0 Å². The van der Waals surface area contributed by atoms with Gasteiger partial charge in [-0.1, -0.05) is 23.5 Å². The molecule has 0 N–H and O–H groups in total. The molecule has 7 nitrogen and oxygen atoms in total. The zero-order chi connectivity index (χ0) is 23.5. The fourth-order valence-corrected chi connectivity index (χ4v) is 5.12. The van der Waals surface area contributed by atoms with Crippen LogP contribution in [-0.4, -0.2) is 30.2 Å². The molecule has 0 amide bonds. The first-order chi connectivity index (χ1) is 16.0. The Bertz CT molecular complexity index is 1340. The minimum atomic E-state index is -0.613. The molecule has 1 unspecified atom stereocenters. The van der Waals surface area contributed by atoms with Gasteiger partial charge in [-0.25, -0.2) is 9.79 Å². The molecule has 1 aliphatic heterocycles. The molecule has 0 saturated heterocycles. The van der Waals surface area contributed by atoms with Crippen LogP contribution in [0.1, 0.15) is 44.9 Å². The number of rotatable bonds is 7. The van der Waals surface area contributed by atoms with Crippen LogP contribution in [0.4, 0.5) is 5.69 Å². The van der Waals surface area contributed by atoms with Gasteiger partial charge in [0, 0.05) is 24.3 Å². The third-order valence-electron chi connectivity index (χ3n) is 5.70. The normalized spacial score (nSPS) is 15.9. The van der Waals surface area contributed by atoms with E-state index in [2.05, 4.69) is 23.7 Å². The van der Waals surface area contributed by atoms with E-state index in [1.54, 1.807) is 43.1 Å². The van der Waals surface area contributed by atoms with E-state index >= 15 is 0 Å². The lowest BCUT2D eigenvalue weighted by atomic mass is 9.95. The molecule has 0 spiro atoms. The number of thiazole rings is 1. The van der Waals surface area contributed by atoms with Crippen molar-refractivity contribution in [3.8, 4) is 0 Å². The Labute approximate surface area is 195 Å². The lowest BCUT2D eigenvalue weighted by molar-refractivity contribution is -0.139. The molecule has 1 atom stereocenters. The first-order valence-electron chi connectivity index (χ1n) is 11.0. The highest BCUT2D eigenvalue weighted by Crippen LogP contribution is 2.31. The average molecular weight is 466 g/mol. The molecule has 4 rings (SSSR count). The van der Waals surface area contributed by atoms with Gasteiger partial charge in [0.25, 0.3) is 5.56 Å². The average Bonchev–Trinajstić information content (AvgIpc) is 3.42. The van der Waals surface area contributed by atoms with Gasteiger partial charge in [0.05, 0.1) is 41.0 Å². The van der Waals surface area contributed by atoms with Gasteiger partial charge in [-0.05, 0) is 57.5 Å². The topological polar surface area (TPSA) is 77.0 Å². The monoisotopic (exact) mass is 465 g/mol. The van der Waals surface area contributed by atoms with Gasteiger partial charge < -0.3 is 14.1 Å². The van der Waals surface area contributed by atoms with Crippen molar-refractivity contribution < 1.29 is 13.9 Å². The molecular formula is C25H27N3O4S.